The summed E-state index contributed by atoms with van der Waals surface area (Å²) in [6, 6.07) is 8.86. The van der Waals surface area contributed by atoms with Crippen LogP contribution in [0.15, 0.2) is 54.1 Å². The van der Waals surface area contributed by atoms with E-state index in [0.29, 0.717) is 42.9 Å². The lowest BCUT2D eigenvalue weighted by Crippen LogP contribution is -2.56. The van der Waals surface area contributed by atoms with Crippen molar-refractivity contribution in [2.24, 2.45) is 5.92 Å². The van der Waals surface area contributed by atoms with Crippen LogP contribution < -0.4 is 20.7 Å². The molecule has 3 saturated heterocycles. The van der Waals surface area contributed by atoms with Crippen LogP contribution in [0.5, 0.6) is 5.75 Å². The molecule has 2 aromatic rings. The first-order valence-corrected chi connectivity index (χ1v) is 14.4. The summed E-state index contributed by atoms with van der Waals surface area (Å²) >= 11 is 0. The smallest absolute Gasteiger partial charge is 0.296 e. The molecule has 2 atom stereocenters. The highest BCUT2D eigenvalue weighted by molar-refractivity contribution is 5.65. The van der Waals surface area contributed by atoms with Crippen molar-refractivity contribution >= 4 is 5.95 Å². The van der Waals surface area contributed by atoms with E-state index in [1.165, 1.54) is 5.57 Å². The minimum Gasteiger partial charge on any atom is -0.483 e. The van der Waals surface area contributed by atoms with E-state index in [1.54, 1.807) is 37.6 Å². The number of piperidine rings is 2. The molecule has 10 nitrogen and oxygen atoms in total. The molecule has 12 heteroatoms. The van der Waals surface area contributed by atoms with Crippen molar-refractivity contribution in [3.8, 4) is 23.1 Å². The molecular weight excluding hydrogens is 544 g/mol. The number of nitrogens with zero attached hydrogens (tertiary/aromatic N) is 4. The minimum absolute atomic E-state index is 0.134. The fraction of sp³-hybridized carbons (Fsp3) is 0.500. The van der Waals surface area contributed by atoms with Crippen molar-refractivity contribution in [1.82, 2.24) is 25.5 Å². The Balaban J connectivity index is 1.22. The Kier molecular flexibility index (Phi) is 8.24. The van der Waals surface area contributed by atoms with Gasteiger partial charge in [-0.15, -0.1) is 0 Å². The maximum absolute atomic E-state index is 14.3. The van der Waals surface area contributed by atoms with Crippen LogP contribution in [-0.2, 0) is 9.47 Å². The maximum atomic E-state index is 14.3. The van der Waals surface area contributed by atoms with Crippen LogP contribution in [0.2, 0.25) is 0 Å². The van der Waals surface area contributed by atoms with Crippen LogP contribution in [0.3, 0.4) is 0 Å². The second-order valence-corrected chi connectivity index (χ2v) is 11.0. The quantitative estimate of drug-likeness (QED) is 0.430. The first-order chi connectivity index (χ1) is 20.5. The Labute approximate surface area is 243 Å². The lowest BCUT2D eigenvalue weighted by molar-refractivity contribution is -0.109. The molecule has 0 amide bonds. The van der Waals surface area contributed by atoms with Crippen LogP contribution >= 0.6 is 0 Å². The molecule has 0 bridgehead atoms. The monoisotopic (exact) mass is 579 g/mol. The average Bonchev–Trinajstić information content (AvgIpc) is 2.98. The fourth-order valence-electron chi connectivity index (χ4n) is 5.91. The highest BCUT2D eigenvalue weighted by Gasteiger charge is 2.44. The summed E-state index contributed by atoms with van der Waals surface area (Å²) in [5.74, 6) is -1.21. The lowest BCUT2D eigenvalue weighted by atomic mass is 9.88. The van der Waals surface area contributed by atoms with Crippen LogP contribution in [0.25, 0.3) is 11.3 Å². The van der Waals surface area contributed by atoms with Gasteiger partial charge in [-0.05, 0) is 68.7 Å². The molecule has 4 aliphatic rings. The highest BCUT2D eigenvalue weighted by Crippen LogP contribution is 2.35. The van der Waals surface area contributed by atoms with Gasteiger partial charge in [0, 0.05) is 23.8 Å². The van der Waals surface area contributed by atoms with E-state index in [9.17, 15) is 14.0 Å². The number of aromatic nitrogens is 2. The van der Waals surface area contributed by atoms with E-state index < -0.39 is 18.6 Å². The number of halogens is 2. The Morgan fingerprint density at radius 1 is 1.14 bits per heavy atom. The third-order valence-corrected chi connectivity index (χ3v) is 8.24. The molecule has 0 radical (unpaired) electrons. The van der Waals surface area contributed by atoms with Crippen molar-refractivity contribution in [2.45, 2.75) is 43.5 Å². The predicted molar refractivity (Wildman–Crippen MR) is 152 cm³/mol. The van der Waals surface area contributed by atoms with Gasteiger partial charge in [-0.3, -0.25) is 0 Å². The van der Waals surface area contributed by atoms with Gasteiger partial charge >= 0.3 is 0 Å². The molecule has 0 aliphatic carbocycles. The van der Waals surface area contributed by atoms with Gasteiger partial charge < -0.3 is 35.1 Å². The summed E-state index contributed by atoms with van der Waals surface area (Å²) in [6.07, 6.45) is 6.62. The van der Waals surface area contributed by atoms with Crippen molar-refractivity contribution in [3.63, 3.8) is 0 Å². The summed E-state index contributed by atoms with van der Waals surface area (Å²) in [5.41, 5.74) is 2.60. The molecule has 4 aliphatic heterocycles. The van der Waals surface area contributed by atoms with Crippen LogP contribution in [0.1, 0.15) is 24.8 Å². The molecule has 0 spiro atoms. The number of anilines is 1. The fourth-order valence-corrected chi connectivity index (χ4v) is 5.91. The van der Waals surface area contributed by atoms with Crippen LogP contribution in [-0.4, -0.2) is 85.6 Å². The van der Waals surface area contributed by atoms with E-state index in [4.69, 9.17) is 19.2 Å². The van der Waals surface area contributed by atoms with Crippen LogP contribution in [0, 0.1) is 17.2 Å². The van der Waals surface area contributed by atoms with Gasteiger partial charge in [0.2, 0.25) is 5.95 Å². The minimum atomic E-state index is -3.02. The number of hydrogen-bond acceptors (Lipinski definition) is 10. The van der Waals surface area contributed by atoms with Gasteiger partial charge in [-0.2, -0.15) is 5.26 Å². The average molecular weight is 580 g/mol. The molecule has 222 valence electrons. The second-order valence-electron chi connectivity index (χ2n) is 11.0. The van der Waals surface area contributed by atoms with Crippen LogP contribution in [0.4, 0.5) is 14.7 Å². The zero-order valence-corrected chi connectivity index (χ0v) is 23.5. The van der Waals surface area contributed by atoms with E-state index in [1.807, 2.05) is 0 Å². The number of benzene rings is 1. The van der Waals surface area contributed by atoms with Crippen molar-refractivity contribution in [2.75, 3.05) is 51.8 Å². The summed E-state index contributed by atoms with van der Waals surface area (Å²) in [7, 11) is 1.71. The number of alkyl halides is 2. The first-order valence-electron chi connectivity index (χ1n) is 14.4. The Morgan fingerprint density at radius 2 is 1.95 bits per heavy atom. The molecule has 3 N–H and O–H groups in total. The second kappa shape index (κ2) is 12.2. The standard InChI is InChI=1S/C30H35F2N7O3/c1-40-28-23(19-6-10-34-11-7-19)3-5-27(39(28)22-16-41-17-22)38-29-36-13-8-24(37-29)20-2-4-25(21(14-20)15-33)42-26-9-12-35-18-30(26,31)32/h2-5,8,13-14,19,22,26-27,34-35H,6-7,9-12,16-18H2,1H3,(H,36,37,38). The topological polar surface area (TPSA) is 117 Å². The molecule has 5 heterocycles. The number of methoxy groups -OCH3 is 1. The predicted octanol–water partition coefficient (Wildman–Crippen LogP) is 3.26. The van der Waals surface area contributed by atoms with Gasteiger partial charge in [-0.1, -0.05) is 6.08 Å². The Hall–Kier alpha value is -3.79. The summed E-state index contributed by atoms with van der Waals surface area (Å²) in [5, 5.41) is 19.3. The number of rotatable bonds is 8. The van der Waals surface area contributed by atoms with Crippen molar-refractivity contribution in [3.05, 3.63) is 59.6 Å². The molecule has 1 aromatic carbocycles. The molecule has 3 fully saturated rings. The van der Waals surface area contributed by atoms with Gasteiger partial charge in [0.15, 0.2) is 12.0 Å². The van der Waals surface area contributed by atoms with Gasteiger partial charge in [0.25, 0.3) is 5.92 Å². The van der Waals surface area contributed by atoms with Gasteiger partial charge in [0.1, 0.15) is 18.0 Å². The number of allylic oxidation sites excluding steroid dienone is 2. The number of nitriles is 1. The Morgan fingerprint density at radius 3 is 2.67 bits per heavy atom. The van der Waals surface area contributed by atoms with E-state index >= 15 is 0 Å². The zero-order valence-electron chi connectivity index (χ0n) is 23.5. The third-order valence-electron chi connectivity index (χ3n) is 8.24. The zero-order chi connectivity index (χ0) is 29.1. The first kappa shape index (κ1) is 28.3. The number of ether oxygens (including phenoxy) is 3. The normalized spacial score (nSPS) is 24.6. The van der Waals surface area contributed by atoms with E-state index in [2.05, 4.69) is 44.1 Å². The third kappa shape index (κ3) is 5.77. The molecule has 6 rings (SSSR count). The van der Waals surface area contributed by atoms with E-state index in [-0.39, 0.29) is 29.9 Å². The SMILES string of the molecule is COC1=C(C2CCNCC2)C=CC(Nc2nccc(-c3ccc(OC4CCNCC4(F)F)c(C#N)c3)n2)N1C1COC1. The van der Waals surface area contributed by atoms with Gasteiger partial charge in [0.05, 0.1) is 44.2 Å². The maximum Gasteiger partial charge on any atom is 0.296 e. The molecular formula is C30H35F2N7O3. The molecule has 1 aromatic heterocycles. The lowest BCUT2D eigenvalue weighted by Gasteiger charge is -2.46. The summed E-state index contributed by atoms with van der Waals surface area (Å²) in [6.45, 7) is 3.16. The van der Waals surface area contributed by atoms with Crippen molar-refractivity contribution < 1.29 is 23.0 Å². The van der Waals surface area contributed by atoms with Gasteiger partial charge in [-0.25, -0.2) is 18.7 Å². The molecule has 0 saturated carbocycles. The summed E-state index contributed by atoms with van der Waals surface area (Å²) in [4.78, 5) is 11.4. The largest absolute Gasteiger partial charge is 0.483 e. The highest BCUT2D eigenvalue weighted by atomic mass is 19.3. The molecule has 2 unspecified atom stereocenters. The van der Waals surface area contributed by atoms with E-state index in [0.717, 1.165) is 31.8 Å². The molecule has 42 heavy (non-hydrogen) atoms. The van der Waals surface area contributed by atoms with Crippen molar-refractivity contribution in [1.29, 1.82) is 5.26 Å². The Bertz CT molecular complexity index is 1390. The summed E-state index contributed by atoms with van der Waals surface area (Å²) < 4.78 is 45.8. The number of nitrogens with one attached hydrogen (secondary N) is 3. The number of hydrogen-bond donors (Lipinski definition) is 3.